The van der Waals surface area contributed by atoms with Gasteiger partial charge >= 0.3 is 0 Å². The molecule has 32 heavy (non-hydrogen) atoms. The predicted octanol–water partition coefficient (Wildman–Crippen LogP) is 5.56. The van der Waals surface area contributed by atoms with Crippen LogP contribution in [0.5, 0.6) is 0 Å². The maximum absolute atomic E-state index is 13.2. The van der Waals surface area contributed by atoms with Crippen LogP contribution in [-0.2, 0) is 0 Å². The van der Waals surface area contributed by atoms with Gasteiger partial charge in [0.05, 0.1) is 5.92 Å². The summed E-state index contributed by atoms with van der Waals surface area (Å²) < 4.78 is 18.7. The number of amides is 1. The van der Waals surface area contributed by atoms with Crippen molar-refractivity contribution in [3.8, 4) is 22.5 Å². The molecule has 1 aromatic heterocycles. The Bertz CT molecular complexity index is 1200. The smallest absolute Gasteiger partial charge is 0.253 e. The van der Waals surface area contributed by atoms with Crippen molar-refractivity contribution in [3.63, 3.8) is 0 Å². The topological polar surface area (TPSA) is 59.2 Å². The van der Waals surface area contributed by atoms with Crippen molar-refractivity contribution in [3.05, 3.63) is 96.1 Å². The molecule has 0 saturated carbocycles. The van der Waals surface area contributed by atoms with Gasteiger partial charge in [0, 0.05) is 24.2 Å². The predicted molar refractivity (Wildman–Crippen MR) is 119 cm³/mol. The Morgan fingerprint density at radius 3 is 2.34 bits per heavy atom. The Kier molecular flexibility index (Phi) is 5.50. The zero-order valence-corrected chi connectivity index (χ0v) is 17.4. The van der Waals surface area contributed by atoms with Gasteiger partial charge in [-0.15, -0.1) is 0 Å². The summed E-state index contributed by atoms with van der Waals surface area (Å²) in [5.41, 5.74) is 3.57. The van der Waals surface area contributed by atoms with Crippen LogP contribution in [0.1, 0.15) is 35.0 Å². The van der Waals surface area contributed by atoms with E-state index in [2.05, 4.69) is 22.3 Å². The molecule has 1 saturated heterocycles. The van der Waals surface area contributed by atoms with Crippen LogP contribution in [-0.4, -0.2) is 34.0 Å². The van der Waals surface area contributed by atoms with Gasteiger partial charge in [0.2, 0.25) is 11.7 Å². The number of hydrogen-bond acceptors (Lipinski definition) is 4. The van der Waals surface area contributed by atoms with E-state index in [9.17, 15) is 9.18 Å². The van der Waals surface area contributed by atoms with E-state index in [-0.39, 0.29) is 17.6 Å². The quantitative estimate of drug-likeness (QED) is 0.428. The molecule has 2 heterocycles. The Hall–Kier alpha value is -3.80. The van der Waals surface area contributed by atoms with Crippen molar-refractivity contribution < 1.29 is 13.7 Å². The molecule has 0 unspecified atom stereocenters. The number of hydrogen-bond donors (Lipinski definition) is 0. The highest BCUT2D eigenvalue weighted by Gasteiger charge is 2.29. The molecule has 1 amide bonds. The first-order valence-electron chi connectivity index (χ1n) is 10.7. The fraction of sp³-hybridized carbons (Fsp3) is 0.192. The van der Waals surface area contributed by atoms with E-state index >= 15 is 0 Å². The summed E-state index contributed by atoms with van der Waals surface area (Å²) in [6.07, 6.45) is 1.74. The lowest BCUT2D eigenvalue weighted by atomic mass is 9.97. The van der Waals surface area contributed by atoms with Crippen LogP contribution in [0.3, 0.4) is 0 Å². The summed E-state index contributed by atoms with van der Waals surface area (Å²) in [6.45, 7) is 1.24. The van der Waals surface area contributed by atoms with Gasteiger partial charge in [0.25, 0.3) is 5.91 Å². The summed E-state index contributed by atoms with van der Waals surface area (Å²) in [4.78, 5) is 19.5. The molecule has 4 aromatic rings. The number of carbonyl (C=O) groups is 1. The minimum absolute atomic E-state index is 0.00702. The van der Waals surface area contributed by atoms with Gasteiger partial charge in [0.15, 0.2) is 0 Å². The Balaban J connectivity index is 1.29. The molecular weight excluding hydrogens is 405 g/mol. The normalized spacial score (nSPS) is 16.2. The average Bonchev–Trinajstić information content (AvgIpc) is 3.35. The third-order valence-electron chi connectivity index (χ3n) is 5.84. The minimum Gasteiger partial charge on any atom is -0.339 e. The van der Waals surface area contributed by atoms with Crippen LogP contribution in [0.4, 0.5) is 4.39 Å². The third kappa shape index (κ3) is 4.17. The first-order valence-corrected chi connectivity index (χ1v) is 10.7. The number of likely N-dealkylation sites (tertiary alicyclic amines) is 1. The monoisotopic (exact) mass is 427 g/mol. The minimum atomic E-state index is -0.310. The highest BCUT2D eigenvalue weighted by molar-refractivity contribution is 5.94. The van der Waals surface area contributed by atoms with Crippen LogP contribution in [0.15, 0.2) is 83.4 Å². The van der Waals surface area contributed by atoms with Gasteiger partial charge in [-0.3, -0.25) is 4.79 Å². The Morgan fingerprint density at radius 2 is 1.59 bits per heavy atom. The second kappa shape index (κ2) is 8.75. The standard InChI is InChI=1S/C26H22FN3O2/c27-23-14-12-20(13-15-23)24-28-25(32-29-24)22-7-4-16-30(17-22)26(31)21-10-8-19(9-11-21)18-5-2-1-3-6-18/h1-3,5-6,8-15,22H,4,7,16-17H2/t22-/m0/s1. The lowest BCUT2D eigenvalue weighted by Gasteiger charge is -2.31. The van der Waals surface area contributed by atoms with Gasteiger partial charge in [-0.05, 0) is 60.4 Å². The van der Waals surface area contributed by atoms with E-state index in [1.165, 1.54) is 12.1 Å². The van der Waals surface area contributed by atoms with Crippen LogP contribution in [0.2, 0.25) is 0 Å². The number of benzene rings is 3. The first kappa shape index (κ1) is 20.1. The number of rotatable bonds is 4. The Labute approximate surface area is 185 Å². The van der Waals surface area contributed by atoms with E-state index < -0.39 is 0 Å². The van der Waals surface area contributed by atoms with E-state index in [1.807, 2.05) is 47.4 Å². The second-order valence-electron chi connectivity index (χ2n) is 8.00. The van der Waals surface area contributed by atoms with Crippen LogP contribution < -0.4 is 0 Å². The van der Waals surface area contributed by atoms with Crippen molar-refractivity contribution in [2.75, 3.05) is 13.1 Å². The molecule has 5 rings (SSSR count). The number of nitrogens with zero attached hydrogens (tertiary/aromatic N) is 3. The summed E-state index contributed by atoms with van der Waals surface area (Å²) in [6, 6.07) is 23.8. The molecule has 0 bridgehead atoms. The maximum Gasteiger partial charge on any atom is 0.253 e. The van der Waals surface area contributed by atoms with E-state index in [0.717, 1.165) is 24.0 Å². The largest absolute Gasteiger partial charge is 0.339 e. The molecule has 1 aliphatic heterocycles. The fourth-order valence-electron chi connectivity index (χ4n) is 4.10. The van der Waals surface area contributed by atoms with Gasteiger partial charge < -0.3 is 9.42 Å². The molecule has 0 radical (unpaired) electrons. The molecule has 160 valence electrons. The summed E-state index contributed by atoms with van der Waals surface area (Å²) in [5.74, 6) is 0.627. The highest BCUT2D eigenvalue weighted by Crippen LogP contribution is 2.29. The average molecular weight is 427 g/mol. The lowest BCUT2D eigenvalue weighted by molar-refractivity contribution is 0.0695. The zero-order chi connectivity index (χ0) is 21.9. The Morgan fingerprint density at radius 1 is 0.906 bits per heavy atom. The van der Waals surface area contributed by atoms with Gasteiger partial charge in [-0.2, -0.15) is 4.98 Å². The molecule has 1 fully saturated rings. The molecule has 0 N–H and O–H groups in total. The molecule has 3 aromatic carbocycles. The van der Waals surface area contributed by atoms with Gasteiger partial charge in [-0.1, -0.05) is 47.6 Å². The molecule has 1 aliphatic rings. The molecular formula is C26H22FN3O2. The first-order chi connectivity index (χ1) is 15.7. The van der Waals surface area contributed by atoms with Crippen molar-refractivity contribution >= 4 is 5.91 Å². The molecule has 0 spiro atoms. The third-order valence-corrected chi connectivity index (χ3v) is 5.84. The van der Waals surface area contributed by atoms with Crippen molar-refractivity contribution in [2.24, 2.45) is 0 Å². The lowest BCUT2D eigenvalue weighted by Crippen LogP contribution is -2.39. The van der Waals surface area contributed by atoms with Crippen molar-refractivity contribution in [2.45, 2.75) is 18.8 Å². The van der Waals surface area contributed by atoms with Crippen molar-refractivity contribution in [1.82, 2.24) is 15.0 Å². The van der Waals surface area contributed by atoms with Crippen LogP contribution in [0, 0.1) is 5.82 Å². The highest BCUT2D eigenvalue weighted by atomic mass is 19.1. The summed E-state index contributed by atoms with van der Waals surface area (Å²) in [7, 11) is 0. The van der Waals surface area contributed by atoms with Crippen LogP contribution in [0.25, 0.3) is 22.5 Å². The zero-order valence-electron chi connectivity index (χ0n) is 17.4. The SMILES string of the molecule is O=C(c1ccc(-c2ccccc2)cc1)N1CCC[C@H](c2nc(-c3ccc(F)cc3)no2)C1. The summed E-state index contributed by atoms with van der Waals surface area (Å²) in [5, 5.41) is 4.05. The molecule has 1 atom stereocenters. The maximum atomic E-state index is 13.2. The number of halogens is 1. The van der Waals surface area contributed by atoms with Crippen LogP contribution >= 0.6 is 0 Å². The van der Waals surface area contributed by atoms with Gasteiger partial charge in [-0.25, -0.2) is 4.39 Å². The van der Waals surface area contributed by atoms with Gasteiger partial charge in [0.1, 0.15) is 5.82 Å². The van der Waals surface area contributed by atoms with E-state index in [4.69, 9.17) is 4.52 Å². The van der Waals surface area contributed by atoms with E-state index in [0.29, 0.717) is 35.9 Å². The molecule has 5 nitrogen and oxygen atoms in total. The number of aromatic nitrogens is 2. The second-order valence-corrected chi connectivity index (χ2v) is 8.00. The summed E-state index contributed by atoms with van der Waals surface area (Å²) >= 11 is 0. The number of piperidine rings is 1. The molecule has 6 heteroatoms. The van der Waals surface area contributed by atoms with Crippen molar-refractivity contribution in [1.29, 1.82) is 0 Å². The fourth-order valence-corrected chi connectivity index (χ4v) is 4.10. The molecule has 0 aliphatic carbocycles. The number of carbonyl (C=O) groups excluding carboxylic acids is 1. The van der Waals surface area contributed by atoms with E-state index in [1.54, 1.807) is 12.1 Å².